The largest absolute Gasteiger partial charge is 0.293 e. The van der Waals surface area contributed by atoms with Crippen LogP contribution in [0.4, 0.5) is 0 Å². The summed E-state index contributed by atoms with van der Waals surface area (Å²) in [6.07, 6.45) is 0. The Balaban J connectivity index is 3.08. The molecule has 0 aromatic carbocycles. The normalized spacial score (nSPS) is 10.2. The van der Waals surface area contributed by atoms with Crippen LogP contribution in [-0.4, -0.2) is 23.3 Å². The Morgan fingerprint density at radius 3 is 2.36 bits per heavy atom. The zero-order chi connectivity index (χ0) is 10.7. The van der Waals surface area contributed by atoms with Crippen molar-refractivity contribution < 1.29 is 9.59 Å². The van der Waals surface area contributed by atoms with E-state index in [4.69, 9.17) is 23.2 Å². The second-order valence-electron chi connectivity index (χ2n) is 2.72. The van der Waals surface area contributed by atoms with Gasteiger partial charge in [-0.1, -0.05) is 0 Å². The number of thiophene rings is 1. The summed E-state index contributed by atoms with van der Waals surface area (Å²) in [7, 11) is 0. The highest BCUT2D eigenvalue weighted by Gasteiger charge is 2.17. The fourth-order valence-corrected chi connectivity index (χ4v) is 2.49. The molecule has 1 rings (SSSR count). The first kappa shape index (κ1) is 11.7. The highest BCUT2D eigenvalue weighted by atomic mass is 35.5. The molecule has 0 spiro atoms. The lowest BCUT2D eigenvalue weighted by molar-refractivity contribution is 0.102. The standard InChI is InChI=1S/C9H8Cl2O2S/c1-5-6(7(12)2-10)4-14-9(5)8(13)3-11/h4H,2-3H2,1H3. The molecule has 0 amide bonds. The fraction of sp³-hybridized carbons (Fsp3) is 0.333. The number of hydrogen-bond donors (Lipinski definition) is 0. The Hall–Kier alpha value is -0.380. The molecule has 0 N–H and O–H groups in total. The maximum Gasteiger partial charge on any atom is 0.187 e. The number of carbonyl (C=O) groups is 2. The number of rotatable bonds is 4. The third-order valence-electron chi connectivity index (χ3n) is 1.84. The van der Waals surface area contributed by atoms with Crippen LogP contribution < -0.4 is 0 Å². The Morgan fingerprint density at radius 1 is 1.29 bits per heavy atom. The van der Waals surface area contributed by atoms with Crippen LogP contribution in [-0.2, 0) is 0 Å². The monoisotopic (exact) mass is 250 g/mol. The molecule has 0 unspecified atom stereocenters. The summed E-state index contributed by atoms with van der Waals surface area (Å²) in [5.41, 5.74) is 1.21. The van der Waals surface area contributed by atoms with E-state index >= 15 is 0 Å². The van der Waals surface area contributed by atoms with E-state index in [0.717, 1.165) is 0 Å². The summed E-state index contributed by atoms with van der Waals surface area (Å²) in [6, 6.07) is 0. The van der Waals surface area contributed by atoms with Gasteiger partial charge in [-0.25, -0.2) is 0 Å². The quantitative estimate of drug-likeness (QED) is 0.609. The van der Waals surface area contributed by atoms with E-state index in [1.54, 1.807) is 12.3 Å². The van der Waals surface area contributed by atoms with Gasteiger partial charge in [0.05, 0.1) is 16.6 Å². The molecular formula is C9H8Cl2O2S. The van der Waals surface area contributed by atoms with Gasteiger partial charge in [-0.05, 0) is 12.5 Å². The van der Waals surface area contributed by atoms with Crippen LogP contribution in [0, 0.1) is 6.92 Å². The molecule has 2 nitrogen and oxygen atoms in total. The Bertz CT molecular complexity index is 337. The van der Waals surface area contributed by atoms with Crippen molar-refractivity contribution in [2.24, 2.45) is 0 Å². The van der Waals surface area contributed by atoms with Gasteiger partial charge in [0.2, 0.25) is 0 Å². The number of alkyl halides is 2. The first-order valence-corrected chi connectivity index (χ1v) is 5.83. The van der Waals surface area contributed by atoms with Gasteiger partial charge >= 0.3 is 0 Å². The summed E-state index contributed by atoms with van der Waals surface area (Å²) in [6.45, 7) is 1.73. The molecule has 0 aliphatic heterocycles. The van der Waals surface area contributed by atoms with Crippen molar-refractivity contribution in [1.29, 1.82) is 0 Å². The fourth-order valence-electron chi connectivity index (χ4n) is 1.10. The smallest absolute Gasteiger partial charge is 0.187 e. The van der Waals surface area contributed by atoms with Gasteiger partial charge in [-0.2, -0.15) is 0 Å². The van der Waals surface area contributed by atoms with E-state index in [1.165, 1.54) is 11.3 Å². The minimum absolute atomic E-state index is 0.0597. The van der Waals surface area contributed by atoms with Crippen molar-refractivity contribution in [2.45, 2.75) is 6.92 Å². The second kappa shape index (κ2) is 4.91. The predicted molar refractivity (Wildman–Crippen MR) is 59.2 cm³/mol. The lowest BCUT2D eigenvalue weighted by atomic mass is 10.1. The van der Waals surface area contributed by atoms with Crippen LogP contribution >= 0.6 is 34.5 Å². The molecule has 14 heavy (non-hydrogen) atoms. The summed E-state index contributed by atoms with van der Waals surface area (Å²) in [5.74, 6) is -0.432. The molecule has 0 fully saturated rings. The molecule has 1 heterocycles. The summed E-state index contributed by atoms with van der Waals surface area (Å²) in [4.78, 5) is 23.1. The van der Waals surface area contributed by atoms with Gasteiger partial charge in [-0.3, -0.25) is 9.59 Å². The van der Waals surface area contributed by atoms with Gasteiger partial charge in [0.1, 0.15) is 0 Å². The highest BCUT2D eigenvalue weighted by molar-refractivity contribution is 7.12. The SMILES string of the molecule is Cc1c(C(=O)CCl)csc1C(=O)CCl. The van der Waals surface area contributed by atoms with Crippen molar-refractivity contribution in [2.75, 3.05) is 11.8 Å². The number of Topliss-reactive ketones (excluding diaryl/α,β-unsaturated/α-hetero) is 2. The van der Waals surface area contributed by atoms with Crippen molar-refractivity contribution in [3.63, 3.8) is 0 Å². The third-order valence-corrected chi connectivity index (χ3v) is 3.44. The maximum absolute atomic E-state index is 11.3. The maximum atomic E-state index is 11.3. The molecule has 5 heteroatoms. The molecule has 0 saturated heterocycles. The molecule has 0 atom stereocenters. The molecule has 1 aromatic rings. The average molecular weight is 251 g/mol. The minimum atomic E-state index is -0.158. The van der Waals surface area contributed by atoms with Crippen LogP contribution in [0.5, 0.6) is 0 Å². The van der Waals surface area contributed by atoms with E-state index in [2.05, 4.69) is 0 Å². The van der Waals surface area contributed by atoms with E-state index < -0.39 is 0 Å². The van der Waals surface area contributed by atoms with Crippen molar-refractivity contribution in [1.82, 2.24) is 0 Å². The van der Waals surface area contributed by atoms with Crippen LogP contribution in [0.25, 0.3) is 0 Å². The van der Waals surface area contributed by atoms with Gasteiger partial charge in [0.15, 0.2) is 11.6 Å². The lowest BCUT2D eigenvalue weighted by Crippen LogP contribution is -2.04. The Labute approximate surface area is 95.8 Å². The van der Waals surface area contributed by atoms with E-state index in [-0.39, 0.29) is 23.3 Å². The highest BCUT2D eigenvalue weighted by Crippen LogP contribution is 2.23. The van der Waals surface area contributed by atoms with Crippen molar-refractivity contribution in [3.8, 4) is 0 Å². The molecule has 0 aliphatic rings. The van der Waals surface area contributed by atoms with Gasteiger partial charge in [0, 0.05) is 10.9 Å². The zero-order valence-electron chi connectivity index (χ0n) is 7.47. The first-order valence-electron chi connectivity index (χ1n) is 3.88. The van der Waals surface area contributed by atoms with E-state index in [9.17, 15) is 9.59 Å². The van der Waals surface area contributed by atoms with Crippen LogP contribution in [0.15, 0.2) is 5.38 Å². The lowest BCUT2D eigenvalue weighted by Gasteiger charge is -1.97. The van der Waals surface area contributed by atoms with E-state index in [0.29, 0.717) is 16.0 Å². The summed E-state index contributed by atoms with van der Waals surface area (Å²) in [5, 5.41) is 1.65. The molecule has 0 radical (unpaired) electrons. The third kappa shape index (κ3) is 2.16. The van der Waals surface area contributed by atoms with Crippen molar-refractivity contribution >= 4 is 46.1 Å². The zero-order valence-corrected chi connectivity index (χ0v) is 9.80. The van der Waals surface area contributed by atoms with Crippen LogP contribution in [0.2, 0.25) is 0 Å². The summed E-state index contributed by atoms with van der Waals surface area (Å²) >= 11 is 12.1. The van der Waals surface area contributed by atoms with Gasteiger partial charge in [-0.15, -0.1) is 34.5 Å². The van der Waals surface area contributed by atoms with Crippen LogP contribution in [0.3, 0.4) is 0 Å². The molecule has 0 bridgehead atoms. The molecular weight excluding hydrogens is 243 g/mol. The molecule has 0 aliphatic carbocycles. The molecule has 1 aromatic heterocycles. The first-order chi connectivity index (χ1) is 6.61. The number of hydrogen-bond acceptors (Lipinski definition) is 3. The molecule has 0 saturated carbocycles. The minimum Gasteiger partial charge on any atom is -0.293 e. The molecule has 76 valence electrons. The predicted octanol–water partition coefficient (Wildman–Crippen LogP) is 2.90. The summed E-state index contributed by atoms with van der Waals surface area (Å²) < 4.78 is 0. The Kier molecular flexibility index (Phi) is 4.11. The number of ketones is 2. The average Bonchev–Trinajstić information content (AvgIpc) is 2.58. The topological polar surface area (TPSA) is 34.1 Å². The van der Waals surface area contributed by atoms with Gasteiger partial charge < -0.3 is 0 Å². The number of carbonyl (C=O) groups excluding carboxylic acids is 2. The van der Waals surface area contributed by atoms with Crippen molar-refractivity contribution in [3.05, 3.63) is 21.4 Å². The van der Waals surface area contributed by atoms with Crippen LogP contribution in [0.1, 0.15) is 25.6 Å². The Morgan fingerprint density at radius 2 is 1.86 bits per heavy atom. The van der Waals surface area contributed by atoms with Gasteiger partial charge in [0.25, 0.3) is 0 Å². The number of halogens is 2. The van der Waals surface area contributed by atoms with E-state index in [1.807, 2.05) is 0 Å². The second-order valence-corrected chi connectivity index (χ2v) is 4.13.